The summed E-state index contributed by atoms with van der Waals surface area (Å²) in [6.45, 7) is 19.2. The summed E-state index contributed by atoms with van der Waals surface area (Å²) in [6.07, 6.45) is 4.13. The molecule has 2 heterocycles. The van der Waals surface area contributed by atoms with Gasteiger partial charge in [-0.2, -0.15) is 0 Å². The fourth-order valence-electron chi connectivity index (χ4n) is 4.62. The molecule has 2 rings (SSSR count). The van der Waals surface area contributed by atoms with E-state index in [0.29, 0.717) is 17.5 Å². The van der Waals surface area contributed by atoms with Gasteiger partial charge >= 0.3 is 0 Å². The van der Waals surface area contributed by atoms with Gasteiger partial charge in [-0.05, 0) is 72.0 Å². The van der Waals surface area contributed by atoms with E-state index < -0.39 is 0 Å². The van der Waals surface area contributed by atoms with Gasteiger partial charge < -0.3 is 4.90 Å². The molecular weight excluding hydrogens is 282 g/mol. The molecule has 3 atom stereocenters. The lowest BCUT2D eigenvalue weighted by molar-refractivity contribution is -0.0200. The van der Waals surface area contributed by atoms with Crippen LogP contribution in [0.25, 0.3) is 0 Å². The van der Waals surface area contributed by atoms with Crippen molar-refractivity contribution in [3.63, 3.8) is 0 Å². The lowest BCUT2D eigenvalue weighted by Gasteiger charge is -2.51. The molecule has 2 fully saturated rings. The highest BCUT2D eigenvalue weighted by Crippen LogP contribution is 2.35. The molecule has 2 aliphatic heterocycles. The lowest BCUT2D eigenvalue weighted by atomic mass is 9.77. The van der Waals surface area contributed by atoms with E-state index in [2.05, 4.69) is 70.3 Å². The summed E-state index contributed by atoms with van der Waals surface area (Å²) < 4.78 is 0. The molecule has 0 N–H and O–H groups in total. The summed E-state index contributed by atoms with van der Waals surface area (Å²) in [5, 5.41) is 0. The molecule has 136 valence electrons. The van der Waals surface area contributed by atoms with Crippen LogP contribution in [0.1, 0.15) is 60.8 Å². The minimum Gasteiger partial charge on any atom is -0.302 e. The second kappa shape index (κ2) is 7.01. The number of likely N-dealkylation sites (tertiary alicyclic amines) is 1. The molecule has 3 heteroatoms. The maximum Gasteiger partial charge on any atom is 0.0376 e. The van der Waals surface area contributed by atoms with E-state index >= 15 is 0 Å². The largest absolute Gasteiger partial charge is 0.302 e. The predicted octanol–water partition coefficient (Wildman–Crippen LogP) is 3.55. The van der Waals surface area contributed by atoms with Gasteiger partial charge in [0.05, 0.1) is 0 Å². The van der Waals surface area contributed by atoms with Crippen LogP contribution in [0.3, 0.4) is 0 Å². The van der Waals surface area contributed by atoms with Gasteiger partial charge in [0.2, 0.25) is 0 Å². The van der Waals surface area contributed by atoms with Crippen LogP contribution in [0, 0.1) is 11.3 Å². The van der Waals surface area contributed by atoms with Crippen molar-refractivity contribution in [2.75, 3.05) is 40.3 Å². The number of hydrogen-bond donors (Lipinski definition) is 0. The van der Waals surface area contributed by atoms with Crippen molar-refractivity contribution in [1.82, 2.24) is 14.7 Å². The number of likely N-dealkylation sites (N-methyl/N-ethyl adjacent to an activating group) is 2. The van der Waals surface area contributed by atoms with Crippen LogP contribution in [-0.2, 0) is 0 Å². The summed E-state index contributed by atoms with van der Waals surface area (Å²) in [6, 6.07) is 1.39. The Morgan fingerprint density at radius 2 is 1.43 bits per heavy atom. The van der Waals surface area contributed by atoms with E-state index in [0.717, 1.165) is 5.92 Å². The first-order valence-electron chi connectivity index (χ1n) is 9.63. The zero-order valence-corrected chi connectivity index (χ0v) is 17.0. The minimum absolute atomic E-state index is 0.289. The molecule has 0 aromatic rings. The number of nitrogens with zero attached hydrogens (tertiary/aromatic N) is 3. The van der Waals surface area contributed by atoms with Gasteiger partial charge in [-0.1, -0.05) is 20.8 Å². The Morgan fingerprint density at radius 3 is 2.00 bits per heavy atom. The maximum atomic E-state index is 2.69. The van der Waals surface area contributed by atoms with E-state index in [1.807, 2.05) is 0 Å². The number of piperidine rings is 1. The molecule has 0 bridgehead atoms. The molecule has 23 heavy (non-hydrogen) atoms. The Kier molecular flexibility index (Phi) is 5.86. The molecule has 0 saturated carbocycles. The van der Waals surface area contributed by atoms with E-state index in [1.54, 1.807) is 0 Å². The van der Waals surface area contributed by atoms with Gasteiger partial charge in [0.25, 0.3) is 0 Å². The Morgan fingerprint density at radius 1 is 0.826 bits per heavy atom. The van der Waals surface area contributed by atoms with Crippen molar-refractivity contribution in [1.29, 1.82) is 0 Å². The topological polar surface area (TPSA) is 9.72 Å². The Balaban J connectivity index is 2.07. The third kappa shape index (κ3) is 5.17. The standard InChI is InChI=1S/C20H41N3/c1-19(2,3)14-16-9-10-21(7)17(13-16)18-15-23(20(4,5)6)12-11-22(18)8/h16-18H,9-15H2,1-8H3. The fraction of sp³-hybridized carbons (Fsp3) is 1.00. The van der Waals surface area contributed by atoms with Crippen molar-refractivity contribution in [2.24, 2.45) is 11.3 Å². The average Bonchev–Trinajstić information content (AvgIpc) is 2.39. The second-order valence-corrected chi connectivity index (χ2v) is 10.4. The predicted molar refractivity (Wildman–Crippen MR) is 101 cm³/mol. The summed E-state index contributed by atoms with van der Waals surface area (Å²) >= 11 is 0. The molecule has 0 aliphatic carbocycles. The summed E-state index contributed by atoms with van der Waals surface area (Å²) in [5.41, 5.74) is 0.749. The number of piperazine rings is 1. The first-order valence-corrected chi connectivity index (χ1v) is 9.63. The highest BCUT2D eigenvalue weighted by Gasteiger charge is 2.39. The highest BCUT2D eigenvalue weighted by atomic mass is 15.3. The van der Waals surface area contributed by atoms with Gasteiger partial charge in [-0.25, -0.2) is 0 Å². The van der Waals surface area contributed by atoms with E-state index in [4.69, 9.17) is 0 Å². The Labute approximate surface area is 145 Å². The zero-order valence-electron chi connectivity index (χ0n) is 17.0. The molecule has 0 spiro atoms. The van der Waals surface area contributed by atoms with Gasteiger partial charge in [-0.3, -0.25) is 9.80 Å². The normalized spacial score (nSPS) is 33.1. The maximum absolute atomic E-state index is 2.69. The van der Waals surface area contributed by atoms with Crippen LogP contribution in [0.5, 0.6) is 0 Å². The lowest BCUT2D eigenvalue weighted by Crippen LogP contribution is -2.63. The second-order valence-electron chi connectivity index (χ2n) is 10.4. The molecule has 0 aromatic heterocycles. The Bertz CT molecular complexity index is 379. The average molecular weight is 324 g/mol. The van der Waals surface area contributed by atoms with Crippen LogP contribution in [-0.4, -0.2) is 72.6 Å². The van der Waals surface area contributed by atoms with Gasteiger partial charge in [0.1, 0.15) is 0 Å². The molecule has 0 radical (unpaired) electrons. The smallest absolute Gasteiger partial charge is 0.0376 e. The third-order valence-corrected chi connectivity index (χ3v) is 6.02. The molecule has 2 aliphatic rings. The third-order valence-electron chi connectivity index (χ3n) is 6.02. The van der Waals surface area contributed by atoms with Crippen LogP contribution in [0.15, 0.2) is 0 Å². The van der Waals surface area contributed by atoms with Crippen molar-refractivity contribution in [3.8, 4) is 0 Å². The molecule has 0 aromatic carbocycles. The SMILES string of the molecule is CN1CCC(CC(C)(C)C)CC1C1CN(C(C)(C)C)CCN1C. The first-order chi connectivity index (χ1) is 10.5. The molecular formula is C20H41N3. The van der Waals surface area contributed by atoms with Crippen molar-refractivity contribution in [2.45, 2.75) is 78.4 Å². The Hall–Kier alpha value is -0.120. The van der Waals surface area contributed by atoms with Gasteiger partial charge in [0, 0.05) is 37.3 Å². The highest BCUT2D eigenvalue weighted by molar-refractivity contribution is 4.96. The van der Waals surface area contributed by atoms with E-state index in [1.165, 1.54) is 45.4 Å². The quantitative estimate of drug-likeness (QED) is 0.769. The van der Waals surface area contributed by atoms with Crippen LogP contribution in [0.4, 0.5) is 0 Å². The minimum atomic E-state index is 0.289. The molecule has 3 unspecified atom stereocenters. The number of hydrogen-bond acceptors (Lipinski definition) is 3. The fourth-order valence-corrected chi connectivity index (χ4v) is 4.62. The monoisotopic (exact) mass is 323 g/mol. The van der Waals surface area contributed by atoms with Crippen LogP contribution >= 0.6 is 0 Å². The first kappa shape index (κ1) is 19.2. The summed E-state index contributed by atoms with van der Waals surface area (Å²) in [5.74, 6) is 0.898. The van der Waals surface area contributed by atoms with E-state index in [-0.39, 0.29) is 5.54 Å². The van der Waals surface area contributed by atoms with Crippen LogP contribution in [0.2, 0.25) is 0 Å². The molecule has 0 amide bonds. The molecule has 3 nitrogen and oxygen atoms in total. The van der Waals surface area contributed by atoms with Gasteiger partial charge in [0.15, 0.2) is 0 Å². The van der Waals surface area contributed by atoms with Crippen molar-refractivity contribution >= 4 is 0 Å². The summed E-state index contributed by atoms with van der Waals surface area (Å²) in [7, 11) is 4.69. The van der Waals surface area contributed by atoms with E-state index in [9.17, 15) is 0 Å². The van der Waals surface area contributed by atoms with Crippen LogP contribution < -0.4 is 0 Å². The zero-order chi connectivity index (χ0) is 17.4. The van der Waals surface area contributed by atoms with Gasteiger partial charge in [-0.15, -0.1) is 0 Å². The number of rotatable bonds is 2. The van der Waals surface area contributed by atoms with Crippen molar-refractivity contribution < 1.29 is 0 Å². The van der Waals surface area contributed by atoms with Crippen molar-refractivity contribution in [3.05, 3.63) is 0 Å². The summed E-state index contributed by atoms with van der Waals surface area (Å²) in [4.78, 5) is 7.97. The molecule has 2 saturated heterocycles.